The summed E-state index contributed by atoms with van der Waals surface area (Å²) in [5, 5.41) is 15.3. The molecule has 4 aromatic carbocycles. The molecule has 0 spiro atoms. The van der Waals surface area contributed by atoms with Crippen LogP contribution < -0.4 is 26.0 Å². The Morgan fingerprint density at radius 1 is 0.864 bits per heavy atom. The zero-order valence-electron chi connectivity index (χ0n) is 34.8. The molecule has 0 saturated heterocycles. The largest absolute Gasteiger partial charge is 0.483 e. The van der Waals surface area contributed by atoms with Crippen molar-refractivity contribution in [3.05, 3.63) is 110 Å². The van der Waals surface area contributed by atoms with E-state index in [1.54, 1.807) is 31.2 Å². The minimum Gasteiger partial charge on any atom is -0.483 e. The molecular formula is C45H53Cl3N6O5. The molecule has 4 aromatic rings. The van der Waals surface area contributed by atoms with Crippen LogP contribution in [0.4, 0.5) is 22.7 Å². The highest BCUT2D eigenvalue weighted by atomic mass is 35.5. The maximum atomic E-state index is 13.8. The van der Waals surface area contributed by atoms with Gasteiger partial charge in [-0.2, -0.15) is 4.99 Å². The monoisotopic (exact) mass is 862 g/mol. The molecule has 314 valence electrons. The number of amidine groups is 1. The molecule has 0 saturated carbocycles. The van der Waals surface area contributed by atoms with Gasteiger partial charge in [0.05, 0.1) is 28.0 Å². The van der Waals surface area contributed by atoms with Gasteiger partial charge in [-0.1, -0.05) is 94.5 Å². The van der Waals surface area contributed by atoms with Crippen molar-refractivity contribution in [2.24, 2.45) is 15.7 Å². The number of carbonyl (C=O) groups excluding carboxylic acids is 3. The Labute approximate surface area is 362 Å². The van der Waals surface area contributed by atoms with Crippen LogP contribution in [-0.4, -0.2) is 60.7 Å². The van der Waals surface area contributed by atoms with Crippen molar-refractivity contribution in [1.29, 1.82) is 0 Å². The quantitative estimate of drug-likeness (QED) is 0.0608. The van der Waals surface area contributed by atoms with Crippen molar-refractivity contribution < 1.29 is 24.2 Å². The van der Waals surface area contributed by atoms with Crippen molar-refractivity contribution in [1.82, 2.24) is 0 Å². The topological polar surface area (TPSA) is 159 Å². The molecule has 0 atom stereocenters. The summed E-state index contributed by atoms with van der Waals surface area (Å²) in [5.74, 6) is -1.93. The van der Waals surface area contributed by atoms with E-state index in [9.17, 15) is 19.5 Å². The van der Waals surface area contributed by atoms with Crippen LogP contribution in [0.3, 0.4) is 0 Å². The first-order valence-corrected chi connectivity index (χ1v) is 20.5. The average molecular weight is 864 g/mol. The Morgan fingerprint density at radius 3 is 2.15 bits per heavy atom. The van der Waals surface area contributed by atoms with Gasteiger partial charge < -0.3 is 31.1 Å². The molecule has 0 aliphatic rings. The van der Waals surface area contributed by atoms with Gasteiger partial charge in [-0.15, -0.1) is 0 Å². The van der Waals surface area contributed by atoms with Crippen LogP contribution in [0.25, 0.3) is 0 Å². The number of nitrogens with one attached hydrogen (secondary N) is 2. The highest BCUT2D eigenvalue weighted by molar-refractivity contribution is 6.69. The number of nitrogens with two attached hydrogens (primary N) is 1. The number of hydrogen-bond donors (Lipinski definition) is 4. The molecule has 4 rings (SSSR count). The molecule has 0 heterocycles. The van der Waals surface area contributed by atoms with E-state index in [2.05, 4.69) is 68.2 Å². The van der Waals surface area contributed by atoms with E-state index >= 15 is 0 Å². The van der Waals surface area contributed by atoms with Gasteiger partial charge in [0.1, 0.15) is 5.75 Å². The van der Waals surface area contributed by atoms with Crippen LogP contribution in [-0.2, 0) is 20.4 Å². The maximum Gasteiger partial charge on any atom is 0.279 e. The molecule has 0 bridgehead atoms. The number of aliphatic imine (C=N–C) groups is 2. The Morgan fingerprint density at radius 2 is 1.54 bits per heavy atom. The molecule has 0 aliphatic carbocycles. The molecule has 0 radical (unpaired) electrons. The van der Waals surface area contributed by atoms with E-state index in [0.717, 1.165) is 24.1 Å². The van der Waals surface area contributed by atoms with E-state index in [1.807, 2.05) is 30.0 Å². The van der Waals surface area contributed by atoms with E-state index in [-0.39, 0.29) is 50.4 Å². The summed E-state index contributed by atoms with van der Waals surface area (Å²) in [7, 11) is 0. The van der Waals surface area contributed by atoms with Crippen molar-refractivity contribution in [2.45, 2.75) is 79.1 Å². The predicted molar refractivity (Wildman–Crippen MR) is 243 cm³/mol. The number of nitrogens with zero attached hydrogens (tertiary/aromatic N) is 3. The average Bonchev–Trinajstić information content (AvgIpc) is 3.19. The number of benzene rings is 4. The molecular weight excluding hydrogens is 811 g/mol. The summed E-state index contributed by atoms with van der Waals surface area (Å²) in [5.41, 5.74) is 10.4. The smallest absolute Gasteiger partial charge is 0.279 e. The first-order valence-electron chi connectivity index (χ1n) is 19.4. The van der Waals surface area contributed by atoms with Gasteiger partial charge in [0.25, 0.3) is 17.7 Å². The second kappa shape index (κ2) is 20.4. The number of anilines is 3. The molecule has 5 N–H and O–H groups in total. The van der Waals surface area contributed by atoms with Crippen LogP contribution in [0.15, 0.2) is 82.8 Å². The number of hydrogen-bond acceptors (Lipinski definition) is 7. The molecule has 14 heteroatoms. The predicted octanol–water partition coefficient (Wildman–Crippen LogP) is 10.1. The Balaban J connectivity index is 1.60. The zero-order chi connectivity index (χ0) is 43.7. The lowest BCUT2D eigenvalue weighted by Gasteiger charge is -2.30. The lowest BCUT2D eigenvalue weighted by Crippen LogP contribution is -2.36. The molecule has 59 heavy (non-hydrogen) atoms. The van der Waals surface area contributed by atoms with Gasteiger partial charge in [-0.3, -0.25) is 14.4 Å². The summed E-state index contributed by atoms with van der Waals surface area (Å²) in [6.45, 7) is 17.6. The third-order valence-corrected chi connectivity index (χ3v) is 11.3. The molecule has 0 aliphatic heterocycles. The van der Waals surface area contributed by atoms with Crippen LogP contribution in [0.5, 0.6) is 5.75 Å². The summed E-state index contributed by atoms with van der Waals surface area (Å²) in [6, 6.07) is 20.5. The van der Waals surface area contributed by atoms with Gasteiger partial charge in [-0.05, 0) is 103 Å². The van der Waals surface area contributed by atoms with Crippen LogP contribution in [0, 0.1) is 6.92 Å². The summed E-state index contributed by atoms with van der Waals surface area (Å²) < 4.78 is 6.09. The van der Waals surface area contributed by atoms with Crippen molar-refractivity contribution in [2.75, 3.05) is 41.8 Å². The van der Waals surface area contributed by atoms with Gasteiger partial charge in [-0.25, -0.2) is 4.99 Å². The maximum absolute atomic E-state index is 13.8. The highest BCUT2D eigenvalue weighted by Gasteiger charge is 2.27. The molecule has 0 unspecified atom stereocenters. The first-order chi connectivity index (χ1) is 27.8. The lowest BCUT2D eigenvalue weighted by atomic mass is 9.76. The second-order valence-electron chi connectivity index (χ2n) is 15.3. The fraction of sp³-hybridized carbons (Fsp3) is 0.356. The number of carbonyl (C=O) groups is 3. The van der Waals surface area contributed by atoms with E-state index < -0.39 is 29.3 Å². The van der Waals surface area contributed by atoms with Crippen LogP contribution in [0.1, 0.15) is 88.4 Å². The number of likely N-dealkylation sites (N-methyl/N-ethyl adjacent to an activating group) is 1. The summed E-state index contributed by atoms with van der Waals surface area (Å²) in [6.07, 6.45) is 1.85. The minimum absolute atomic E-state index is 0.0177. The number of aliphatic hydroxyl groups is 1. The van der Waals surface area contributed by atoms with E-state index in [1.165, 1.54) is 29.8 Å². The molecule has 0 fully saturated rings. The lowest BCUT2D eigenvalue weighted by molar-refractivity contribution is -0.118. The molecule has 0 aromatic heterocycles. The van der Waals surface area contributed by atoms with Crippen LogP contribution in [0.2, 0.25) is 15.1 Å². The summed E-state index contributed by atoms with van der Waals surface area (Å²) >= 11 is 18.8. The molecule has 11 nitrogen and oxygen atoms in total. The number of halogens is 3. The fourth-order valence-corrected chi connectivity index (χ4v) is 6.94. The number of aliphatic hydroxyl groups excluding tert-OH is 1. The summed E-state index contributed by atoms with van der Waals surface area (Å²) in [4.78, 5) is 51.1. The minimum atomic E-state index is -0.848. The Kier molecular flexibility index (Phi) is 16.1. The van der Waals surface area contributed by atoms with Gasteiger partial charge in [0, 0.05) is 40.6 Å². The van der Waals surface area contributed by atoms with Crippen molar-refractivity contribution in [3.8, 4) is 5.75 Å². The number of ether oxygens (including phenoxy) is 1. The number of rotatable bonds is 17. The number of aryl methyl sites for hydroxylation is 1. The van der Waals surface area contributed by atoms with E-state index in [0.29, 0.717) is 35.8 Å². The van der Waals surface area contributed by atoms with Crippen molar-refractivity contribution >= 4 is 86.8 Å². The highest BCUT2D eigenvalue weighted by Crippen LogP contribution is 2.39. The Hall–Kier alpha value is -4.94. The molecule has 3 amide bonds. The van der Waals surface area contributed by atoms with Crippen molar-refractivity contribution in [3.63, 3.8) is 0 Å². The van der Waals surface area contributed by atoms with Gasteiger partial charge in [0.15, 0.2) is 18.2 Å². The third kappa shape index (κ3) is 12.1. The fourth-order valence-electron chi connectivity index (χ4n) is 6.03. The van der Waals surface area contributed by atoms with Gasteiger partial charge in [0.2, 0.25) is 0 Å². The Bertz CT molecular complexity index is 2230. The second-order valence-corrected chi connectivity index (χ2v) is 16.6. The van der Waals surface area contributed by atoms with E-state index in [4.69, 9.17) is 45.3 Å². The third-order valence-electron chi connectivity index (χ3n) is 10.5. The van der Waals surface area contributed by atoms with Crippen LogP contribution >= 0.6 is 34.8 Å². The number of amides is 3. The zero-order valence-corrected chi connectivity index (χ0v) is 37.1. The van der Waals surface area contributed by atoms with Gasteiger partial charge >= 0.3 is 0 Å². The standard InChI is InChI=1S/C45H53Cl3N6O5/c1-9-44(5,6)29-15-18-37(33(23-29)45(7,8)10-2)59-26-38(56)50-31-14-12-13-28(22-31)42(57)53-41(49)40(43(58)52-39-34(47)24-30(46)25-35(39)48)51-36-17-16-32(21-27(36)4)54(11-3)19-20-55/h12-18,21-25,55H,9-11,19-20,26H2,1-8H3,(H,50,56)(H,52,58)(H2,49,53,57). The SMILES string of the molecule is CCN(CCO)c1ccc(N=C(C(=O)Nc2c(Cl)cc(Cl)cc2Cl)C(N)=NC(=O)c2cccc(NC(=O)COc3ccc(C(C)(C)CC)cc3C(C)(C)CC)c2)c(C)c1. The normalized spacial score (nSPS) is 12.3. The first kappa shape index (κ1) is 46.7.